The van der Waals surface area contributed by atoms with Gasteiger partial charge >= 0.3 is 0 Å². The highest BCUT2D eigenvalue weighted by molar-refractivity contribution is 5.76. The van der Waals surface area contributed by atoms with E-state index in [4.69, 9.17) is 9.47 Å². The molecule has 0 aromatic carbocycles. The maximum atomic E-state index is 13.0. The average molecular weight is 808 g/mol. The van der Waals surface area contributed by atoms with Crippen molar-refractivity contribution in [3.05, 3.63) is 36.5 Å². The van der Waals surface area contributed by atoms with Gasteiger partial charge in [-0.05, 0) is 57.8 Å². The Morgan fingerprint density at radius 3 is 1.47 bits per heavy atom. The quantitative estimate of drug-likeness (QED) is 0.0266. The van der Waals surface area contributed by atoms with Gasteiger partial charge in [-0.25, -0.2) is 0 Å². The van der Waals surface area contributed by atoms with Crippen molar-refractivity contribution in [3.63, 3.8) is 0 Å². The second-order valence-corrected chi connectivity index (χ2v) is 16.5. The first-order valence-electron chi connectivity index (χ1n) is 23.7. The average Bonchev–Trinajstić information content (AvgIpc) is 3.21. The molecule has 1 amide bonds. The number of ether oxygens (including phenoxy) is 2. The van der Waals surface area contributed by atoms with E-state index in [1.54, 1.807) is 6.08 Å². The molecule has 0 aromatic rings. The molecule has 7 unspecified atom stereocenters. The number of rotatable bonds is 39. The third-order valence-electron chi connectivity index (χ3n) is 11.2. The van der Waals surface area contributed by atoms with Crippen molar-refractivity contribution >= 4 is 5.91 Å². The smallest absolute Gasteiger partial charge is 0.220 e. The van der Waals surface area contributed by atoms with E-state index < -0.39 is 49.5 Å². The fourth-order valence-corrected chi connectivity index (χ4v) is 7.34. The molecule has 0 spiro atoms. The summed E-state index contributed by atoms with van der Waals surface area (Å²) < 4.78 is 11.2. The van der Waals surface area contributed by atoms with Crippen molar-refractivity contribution in [2.75, 3.05) is 13.2 Å². The SMILES string of the molecule is CCCCCCCCC/C=C\CCCCCCCCCC(=O)NC(COC1OC(CO)C(O)C(O)C1O)C(O)/C=C/CC/C=C/CCCCCCCCCCCC. The number of aliphatic hydroxyl groups is 5. The third-order valence-corrected chi connectivity index (χ3v) is 11.2. The fourth-order valence-electron chi connectivity index (χ4n) is 7.34. The van der Waals surface area contributed by atoms with Crippen molar-refractivity contribution in [2.45, 2.75) is 249 Å². The highest BCUT2D eigenvalue weighted by Gasteiger charge is 2.44. The maximum Gasteiger partial charge on any atom is 0.220 e. The van der Waals surface area contributed by atoms with Crippen molar-refractivity contribution in [3.8, 4) is 0 Å². The molecule has 6 N–H and O–H groups in total. The van der Waals surface area contributed by atoms with Crippen LogP contribution in [0.3, 0.4) is 0 Å². The van der Waals surface area contributed by atoms with Crippen LogP contribution in [0.1, 0.15) is 206 Å². The fraction of sp³-hybridized carbons (Fsp3) is 0.854. The van der Waals surface area contributed by atoms with E-state index in [-0.39, 0.29) is 12.5 Å². The summed E-state index contributed by atoms with van der Waals surface area (Å²) in [6.07, 6.45) is 40.4. The molecule has 0 bridgehead atoms. The molecule has 7 atom stereocenters. The Morgan fingerprint density at radius 1 is 0.579 bits per heavy atom. The van der Waals surface area contributed by atoms with E-state index in [1.807, 2.05) is 6.08 Å². The van der Waals surface area contributed by atoms with Gasteiger partial charge in [0.1, 0.15) is 24.4 Å². The summed E-state index contributed by atoms with van der Waals surface area (Å²) in [5.41, 5.74) is 0. The second kappa shape index (κ2) is 38.6. The maximum absolute atomic E-state index is 13.0. The van der Waals surface area contributed by atoms with Gasteiger partial charge in [0.25, 0.3) is 0 Å². The molecular weight excluding hydrogens is 719 g/mol. The van der Waals surface area contributed by atoms with Gasteiger partial charge in [0, 0.05) is 6.42 Å². The first-order chi connectivity index (χ1) is 27.8. The number of carbonyl (C=O) groups is 1. The Balaban J connectivity index is 2.37. The van der Waals surface area contributed by atoms with Gasteiger partial charge in [0.2, 0.25) is 5.91 Å². The number of hydrogen-bond acceptors (Lipinski definition) is 8. The number of nitrogens with one attached hydrogen (secondary N) is 1. The van der Waals surface area contributed by atoms with E-state index in [2.05, 4.69) is 43.5 Å². The Labute approximate surface area is 349 Å². The zero-order valence-electron chi connectivity index (χ0n) is 36.6. The van der Waals surface area contributed by atoms with Crippen LogP contribution in [0.4, 0.5) is 0 Å². The Hall–Kier alpha value is -1.59. The summed E-state index contributed by atoms with van der Waals surface area (Å²) in [6, 6.07) is -0.822. The molecule has 0 aromatic heterocycles. The van der Waals surface area contributed by atoms with Gasteiger partial charge in [-0.3, -0.25) is 4.79 Å². The molecule has 57 heavy (non-hydrogen) atoms. The first kappa shape index (κ1) is 53.4. The monoisotopic (exact) mass is 808 g/mol. The topological polar surface area (TPSA) is 149 Å². The molecule has 1 aliphatic rings. The molecule has 9 nitrogen and oxygen atoms in total. The Kier molecular flexibility index (Phi) is 36.2. The summed E-state index contributed by atoms with van der Waals surface area (Å²) in [6.45, 7) is 3.75. The highest BCUT2D eigenvalue weighted by Crippen LogP contribution is 2.22. The standard InChI is InChI=1S/C48H89NO8/c1-3-5-7-9-11-13-15-17-19-21-22-24-26-28-30-32-34-36-38-44(52)49-41(40-56-48-47(55)46(54)45(53)43(39-50)57-48)42(51)37-35-33-31-29-27-25-23-20-18-16-14-12-10-8-6-4-2/h19,21,27,29,35,37,41-43,45-48,50-51,53-55H,3-18,20,22-26,28,30-34,36,38-40H2,1-2H3,(H,49,52)/b21-19-,29-27+,37-35+. The molecule has 1 fully saturated rings. The van der Waals surface area contributed by atoms with Crippen molar-refractivity contribution < 1.29 is 39.8 Å². The van der Waals surface area contributed by atoms with Gasteiger partial charge in [-0.2, -0.15) is 0 Å². The van der Waals surface area contributed by atoms with Crippen molar-refractivity contribution in [1.82, 2.24) is 5.32 Å². The zero-order valence-corrected chi connectivity index (χ0v) is 36.6. The number of unbranched alkanes of at least 4 members (excludes halogenated alkanes) is 25. The van der Waals surface area contributed by atoms with Gasteiger partial charge in [-0.1, -0.05) is 179 Å². The molecule has 334 valence electrons. The molecule has 1 heterocycles. The molecule has 0 aliphatic carbocycles. The van der Waals surface area contributed by atoms with Gasteiger partial charge in [0.15, 0.2) is 6.29 Å². The molecule has 0 saturated carbocycles. The lowest BCUT2D eigenvalue weighted by Crippen LogP contribution is -2.60. The zero-order chi connectivity index (χ0) is 41.6. The minimum absolute atomic E-state index is 0.192. The Morgan fingerprint density at radius 2 is 1.00 bits per heavy atom. The number of aliphatic hydroxyl groups excluding tert-OH is 5. The van der Waals surface area contributed by atoms with Gasteiger partial charge < -0.3 is 40.3 Å². The predicted molar refractivity (Wildman–Crippen MR) is 235 cm³/mol. The summed E-state index contributed by atoms with van der Waals surface area (Å²) in [4.78, 5) is 13.0. The predicted octanol–water partition coefficient (Wildman–Crippen LogP) is 10.1. The van der Waals surface area contributed by atoms with Crippen molar-refractivity contribution in [1.29, 1.82) is 0 Å². The van der Waals surface area contributed by atoms with Gasteiger partial charge in [-0.15, -0.1) is 0 Å². The highest BCUT2D eigenvalue weighted by atomic mass is 16.7. The van der Waals surface area contributed by atoms with E-state index >= 15 is 0 Å². The van der Waals surface area contributed by atoms with E-state index in [0.717, 1.165) is 51.4 Å². The lowest BCUT2D eigenvalue weighted by atomic mass is 9.99. The van der Waals surface area contributed by atoms with Crippen molar-refractivity contribution in [2.24, 2.45) is 0 Å². The molecular formula is C48H89NO8. The van der Waals surface area contributed by atoms with Crippen LogP contribution < -0.4 is 5.32 Å². The van der Waals surface area contributed by atoms with Crippen LogP contribution in [0.15, 0.2) is 36.5 Å². The summed E-state index contributed by atoms with van der Waals surface area (Å²) in [5.74, 6) is -0.192. The van der Waals surface area contributed by atoms with Crippen LogP contribution in [0.25, 0.3) is 0 Å². The lowest BCUT2D eigenvalue weighted by molar-refractivity contribution is -0.302. The number of allylic oxidation sites excluding steroid dienone is 5. The minimum atomic E-state index is -1.57. The van der Waals surface area contributed by atoms with Crippen LogP contribution in [0, 0.1) is 0 Å². The van der Waals surface area contributed by atoms with Crippen LogP contribution >= 0.6 is 0 Å². The normalized spacial score (nSPS) is 21.3. The third kappa shape index (κ3) is 29.3. The minimum Gasteiger partial charge on any atom is -0.394 e. The van der Waals surface area contributed by atoms with Crippen LogP contribution in [-0.2, 0) is 14.3 Å². The largest absolute Gasteiger partial charge is 0.394 e. The second-order valence-electron chi connectivity index (χ2n) is 16.5. The summed E-state index contributed by atoms with van der Waals surface area (Å²) >= 11 is 0. The summed E-state index contributed by atoms with van der Waals surface area (Å²) in [7, 11) is 0. The molecule has 1 saturated heterocycles. The van der Waals surface area contributed by atoms with Crippen LogP contribution in [-0.4, -0.2) is 87.5 Å². The Bertz CT molecular complexity index is 987. The summed E-state index contributed by atoms with van der Waals surface area (Å²) in [5, 5.41) is 54.2. The number of carbonyl (C=O) groups excluding carboxylic acids is 1. The van der Waals surface area contributed by atoms with Crippen LogP contribution in [0.2, 0.25) is 0 Å². The molecule has 9 heteroatoms. The number of amides is 1. The van der Waals surface area contributed by atoms with Crippen LogP contribution in [0.5, 0.6) is 0 Å². The van der Waals surface area contributed by atoms with E-state index in [1.165, 1.54) is 135 Å². The van der Waals surface area contributed by atoms with E-state index in [9.17, 15) is 30.3 Å². The first-order valence-corrected chi connectivity index (χ1v) is 23.7. The molecule has 0 radical (unpaired) electrons. The number of hydrogen-bond donors (Lipinski definition) is 6. The van der Waals surface area contributed by atoms with Gasteiger partial charge in [0.05, 0.1) is 25.4 Å². The molecule has 1 aliphatic heterocycles. The lowest BCUT2D eigenvalue weighted by Gasteiger charge is -2.40. The molecule has 1 rings (SSSR count). The van der Waals surface area contributed by atoms with E-state index in [0.29, 0.717) is 6.42 Å².